The Morgan fingerprint density at radius 3 is 2.63 bits per heavy atom. The Morgan fingerprint density at radius 1 is 1.26 bits per heavy atom. The predicted molar refractivity (Wildman–Crippen MR) is 178 cm³/mol. The van der Waals surface area contributed by atoms with Gasteiger partial charge in [0.2, 0.25) is 0 Å². The highest BCUT2D eigenvalue weighted by Gasteiger charge is 2.33. The molecule has 0 radical (unpaired) electrons. The second-order valence-electron chi connectivity index (χ2n) is 13.0. The first-order valence-corrected chi connectivity index (χ1v) is 15.9. The number of nitrogens with zero attached hydrogens (tertiary/aromatic N) is 4. The van der Waals surface area contributed by atoms with E-state index in [9.17, 15) is 9.90 Å². The number of likely N-dealkylation sites (tertiary alicyclic amines) is 1. The number of nitrogens with one attached hydrogen (secondary N) is 1. The second-order valence-corrected chi connectivity index (χ2v) is 14.1. The Morgan fingerprint density at radius 2 is 2.00 bits per heavy atom. The monoisotopic (exact) mass is 597 g/mol. The van der Waals surface area contributed by atoms with Crippen LogP contribution in [0.3, 0.4) is 0 Å². The predicted octanol–water partition coefficient (Wildman–Crippen LogP) is 6.68. The fraction of sp³-hybridized carbons (Fsp3) is 0.429. The molecule has 1 unspecified atom stereocenters. The molecule has 2 N–H and O–H groups in total. The number of aliphatic imine (C=N–C) groups is 1. The molecule has 2 aliphatic rings. The summed E-state index contributed by atoms with van der Waals surface area (Å²) in [5.74, 6) is -0.209. The van der Waals surface area contributed by atoms with Gasteiger partial charge in [-0.3, -0.25) is 19.7 Å². The van der Waals surface area contributed by atoms with E-state index >= 15 is 0 Å². The molecule has 0 spiro atoms. The Labute approximate surface area is 259 Å². The Hall–Kier alpha value is -3.46. The van der Waals surface area contributed by atoms with E-state index in [1.165, 1.54) is 30.2 Å². The molecule has 1 fully saturated rings. The number of fused-ring (bicyclic) bond motifs is 1. The lowest BCUT2D eigenvalue weighted by atomic mass is 9.79. The zero-order chi connectivity index (χ0) is 30.9. The number of allylic oxidation sites excluding steroid dienone is 1. The van der Waals surface area contributed by atoms with Crippen LogP contribution < -0.4 is 5.32 Å². The van der Waals surface area contributed by atoms with Crippen molar-refractivity contribution in [3.63, 3.8) is 0 Å². The molecular formula is C35H43N5O2S. The molecule has 3 heterocycles. The maximum Gasteiger partial charge on any atom is 0.261 e. The van der Waals surface area contributed by atoms with E-state index < -0.39 is 5.60 Å². The van der Waals surface area contributed by atoms with Gasteiger partial charge in [0, 0.05) is 23.9 Å². The molecule has 1 aliphatic carbocycles. The molecule has 1 aliphatic heterocycles. The van der Waals surface area contributed by atoms with Crippen LogP contribution in [0, 0.1) is 5.41 Å². The van der Waals surface area contributed by atoms with Crippen LogP contribution in [0.5, 0.6) is 0 Å². The molecule has 1 saturated heterocycles. The number of aliphatic hydroxyl groups is 1. The molecule has 2 aromatic heterocycles. The summed E-state index contributed by atoms with van der Waals surface area (Å²) < 4.78 is 1.01. The van der Waals surface area contributed by atoms with Gasteiger partial charge >= 0.3 is 0 Å². The zero-order valence-corrected chi connectivity index (χ0v) is 26.9. The molecule has 8 heteroatoms. The number of aromatic nitrogens is 2. The molecule has 5 rings (SSSR count). The molecular weight excluding hydrogens is 554 g/mol. The van der Waals surface area contributed by atoms with Gasteiger partial charge in [-0.25, -0.2) is 4.98 Å². The van der Waals surface area contributed by atoms with Crippen molar-refractivity contribution in [3.05, 3.63) is 77.0 Å². The third-order valence-electron chi connectivity index (χ3n) is 8.47. The van der Waals surface area contributed by atoms with E-state index in [2.05, 4.69) is 60.4 Å². The van der Waals surface area contributed by atoms with E-state index in [0.717, 1.165) is 62.7 Å². The number of carbonyl (C=O) groups excluding carboxylic acids is 1. The minimum absolute atomic E-state index is 0.174. The first-order chi connectivity index (χ1) is 20.3. The van der Waals surface area contributed by atoms with Crippen molar-refractivity contribution in [2.75, 3.05) is 19.6 Å². The normalized spacial score (nSPS) is 19.7. The van der Waals surface area contributed by atoms with Crippen LogP contribution in [0.2, 0.25) is 0 Å². The van der Waals surface area contributed by atoms with Crippen molar-refractivity contribution in [3.8, 4) is 11.3 Å². The summed E-state index contributed by atoms with van der Waals surface area (Å²) in [5.41, 5.74) is 7.31. The van der Waals surface area contributed by atoms with Crippen molar-refractivity contribution in [1.29, 1.82) is 0 Å². The largest absolute Gasteiger partial charge is 0.386 e. The first kappa shape index (κ1) is 31.0. The van der Waals surface area contributed by atoms with Crippen molar-refractivity contribution < 1.29 is 9.90 Å². The SMILES string of the molecule is C=C1C=C(c2cc(-c3ccc(C(C)(C)O)cn3)c3sc(CN=CC(=O)NCC)nc3c2)CC(=C)C1N1CCC(C)(C)CC1. The fourth-order valence-corrected chi connectivity index (χ4v) is 6.89. The van der Waals surface area contributed by atoms with E-state index in [4.69, 9.17) is 9.97 Å². The molecule has 0 bridgehead atoms. The quantitative estimate of drug-likeness (QED) is 0.223. The van der Waals surface area contributed by atoms with E-state index in [1.54, 1.807) is 31.4 Å². The minimum atomic E-state index is -0.975. The molecule has 1 amide bonds. The molecule has 1 aromatic carbocycles. The number of carbonyl (C=O) groups is 1. The maximum atomic E-state index is 11.8. The van der Waals surface area contributed by atoms with Crippen LogP contribution >= 0.6 is 11.3 Å². The summed E-state index contributed by atoms with van der Waals surface area (Å²) in [4.78, 5) is 28.4. The minimum Gasteiger partial charge on any atom is -0.386 e. The van der Waals surface area contributed by atoms with Gasteiger partial charge in [-0.05, 0) is 93.4 Å². The first-order valence-electron chi connectivity index (χ1n) is 15.1. The standard InChI is InChI=1S/C35H43N5O2S/c1-8-37-30(41)20-36-21-31-39-29-18-25(17-27(33(29)43-31)28-10-9-26(19-38-28)35(6,7)42)24-15-22(2)32(23(3)16-24)40-13-11-34(4,5)12-14-40/h9-10,15,17-20,32,42H,2-3,8,11-14,16,21H2,1,4-7H3,(H,37,41). The Kier molecular flexibility index (Phi) is 8.84. The average molecular weight is 598 g/mol. The van der Waals surface area contributed by atoms with Crippen molar-refractivity contribution in [2.24, 2.45) is 10.4 Å². The zero-order valence-electron chi connectivity index (χ0n) is 26.0. The van der Waals surface area contributed by atoms with Crippen molar-refractivity contribution in [2.45, 2.75) is 72.1 Å². The van der Waals surface area contributed by atoms with Crippen LogP contribution in [0.25, 0.3) is 27.0 Å². The number of benzene rings is 1. The second kappa shape index (κ2) is 12.3. The van der Waals surface area contributed by atoms with Gasteiger partial charge in [0.25, 0.3) is 5.91 Å². The topological polar surface area (TPSA) is 90.7 Å². The average Bonchev–Trinajstić information content (AvgIpc) is 3.35. The number of pyridine rings is 1. The molecule has 43 heavy (non-hydrogen) atoms. The van der Waals surface area contributed by atoms with Crippen LogP contribution in [0.15, 0.2) is 65.8 Å². The number of amides is 1. The number of thiazole rings is 1. The molecule has 0 saturated carbocycles. The van der Waals surface area contributed by atoms with Gasteiger partial charge in [-0.1, -0.05) is 44.7 Å². The van der Waals surface area contributed by atoms with Crippen LogP contribution in [-0.2, 0) is 16.9 Å². The summed E-state index contributed by atoms with van der Waals surface area (Å²) >= 11 is 1.56. The van der Waals surface area contributed by atoms with Crippen molar-refractivity contribution in [1.82, 2.24) is 20.2 Å². The van der Waals surface area contributed by atoms with Crippen LogP contribution in [-0.4, -0.2) is 57.8 Å². The van der Waals surface area contributed by atoms with Gasteiger partial charge in [0.15, 0.2) is 0 Å². The van der Waals surface area contributed by atoms with Crippen LogP contribution in [0.4, 0.5) is 0 Å². The molecule has 226 valence electrons. The van der Waals surface area contributed by atoms with Gasteiger partial charge in [0.05, 0.1) is 40.3 Å². The third kappa shape index (κ3) is 7.03. The fourth-order valence-electron chi connectivity index (χ4n) is 5.89. The van der Waals surface area contributed by atoms with E-state index in [-0.39, 0.29) is 11.9 Å². The smallest absolute Gasteiger partial charge is 0.261 e. The maximum absolute atomic E-state index is 11.8. The Balaban J connectivity index is 1.51. The molecule has 7 nitrogen and oxygen atoms in total. The lowest BCUT2D eigenvalue weighted by Gasteiger charge is -2.43. The van der Waals surface area contributed by atoms with E-state index in [0.29, 0.717) is 18.5 Å². The summed E-state index contributed by atoms with van der Waals surface area (Å²) in [6, 6.07) is 8.37. The third-order valence-corrected chi connectivity index (χ3v) is 9.56. The number of rotatable bonds is 8. The summed E-state index contributed by atoms with van der Waals surface area (Å²) in [6.07, 6.45) is 8.42. The summed E-state index contributed by atoms with van der Waals surface area (Å²) in [5, 5.41) is 14.0. The summed E-state index contributed by atoms with van der Waals surface area (Å²) in [7, 11) is 0. The number of piperidine rings is 1. The highest BCUT2D eigenvalue weighted by Crippen LogP contribution is 2.41. The lowest BCUT2D eigenvalue weighted by Crippen LogP contribution is -2.45. The lowest BCUT2D eigenvalue weighted by molar-refractivity contribution is -0.114. The van der Waals surface area contributed by atoms with Gasteiger partial charge in [-0.2, -0.15) is 0 Å². The Bertz CT molecular complexity index is 1600. The van der Waals surface area contributed by atoms with Gasteiger partial charge < -0.3 is 10.4 Å². The number of hydrogen-bond donors (Lipinski definition) is 2. The highest BCUT2D eigenvalue weighted by atomic mass is 32.1. The van der Waals surface area contributed by atoms with Gasteiger partial charge in [-0.15, -0.1) is 11.3 Å². The highest BCUT2D eigenvalue weighted by molar-refractivity contribution is 7.19. The number of hydrogen-bond acceptors (Lipinski definition) is 7. The van der Waals surface area contributed by atoms with Crippen molar-refractivity contribution >= 4 is 39.2 Å². The summed E-state index contributed by atoms with van der Waals surface area (Å²) in [6.45, 7) is 22.1. The molecule has 3 aromatic rings. The molecule has 1 atom stereocenters. The van der Waals surface area contributed by atoms with Crippen LogP contribution in [0.1, 0.15) is 70.0 Å². The van der Waals surface area contributed by atoms with E-state index in [1.807, 2.05) is 19.1 Å². The van der Waals surface area contributed by atoms with Gasteiger partial charge in [0.1, 0.15) is 5.01 Å².